The van der Waals surface area contributed by atoms with E-state index in [0.29, 0.717) is 25.9 Å². The van der Waals surface area contributed by atoms with Crippen LogP contribution in [-0.4, -0.2) is 36.7 Å². The van der Waals surface area contributed by atoms with E-state index in [1.807, 2.05) is 44.2 Å². The summed E-state index contributed by atoms with van der Waals surface area (Å²) in [4.78, 5) is 37.3. The van der Waals surface area contributed by atoms with Crippen LogP contribution in [0.2, 0.25) is 0 Å². The predicted octanol–water partition coefficient (Wildman–Crippen LogP) is 4.49. The first-order valence-corrected chi connectivity index (χ1v) is 11.5. The van der Waals surface area contributed by atoms with Gasteiger partial charge in [0.1, 0.15) is 18.7 Å². The highest BCUT2D eigenvalue weighted by Crippen LogP contribution is 2.06. The Hall–Kier alpha value is -2.57. The van der Waals surface area contributed by atoms with Gasteiger partial charge in [0.15, 0.2) is 0 Å². The first-order valence-electron chi connectivity index (χ1n) is 11.5. The van der Waals surface area contributed by atoms with Crippen LogP contribution in [0.5, 0.6) is 0 Å². The summed E-state index contributed by atoms with van der Waals surface area (Å²) in [6, 6.07) is 7.82. The Morgan fingerprint density at radius 2 is 1.48 bits per heavy atom. The molecule has 0 aliphatic carbocycles. The maximum Gasteiger partial charge on any atom is 0.408 e. The van der Waals surface area contributed by atoms with E-state index in [9.17, 15) is 14.4 Å². The number of alkyl carbamates (subject to hydrolysis) is 1. The largest absolute Gasteiger partial charge is 0.464 e. The number of rotatable bonds is 15. The Balaban J connectivity index is 2.56. The summed E-state index contributed by atoms with van der Waals surface area (Å²) in [6.07, 6.45) is 5.73. The maximum absolute atomic E-state index is 12.8. The molecule has 174 valence electrons. The van der Waals surface area contributed by atoms with Crippen LogP contribution >= 0.6 is 0 Å². The third kappa shape index (κ3) is 11.4. The van der Waals surface area contributed by atoms with Crippen LogP contribution in [0.1, 0.15) is 77.7 Å². The van der Waals surface area contributed by atoms with E-state index in [4.69, 9.17) is 9.47 Å². The van der Waals surface area contributed by atoms with Gasteiger partial charge in [-0.2, -0.15) is 0 Å². The van der Waals surface area contributed by atoms with E-state index in [-0.39, 0.29) is 6.61 Å². The van der Waals surface area contributed by atoms with Gasteiger partial charge in [-0.3, -0.25) is 4.79 Å². The van der Waals surface area contributed by atoms with E-state index >= 15 is 0 Å². The molecule has 0 spiro atoms. The fraction of sp³-hybridized carbons (Fsp3) is 0.625. The van der Waals surface area contributed by atoms with Gasteiger partial charge in [-0.1, -0.05) is 83.2 Å². The van der Waals surface area contributed by atoms with Crippen molar-refractivity contribution in [1.82, 2.24) is 10.6 Å². The number of amides is 2. The van der Waals surface area contributed by atoms with Crippen LogP contribution in [0.4, 0.5) is 4.79 Å². The minimum Gasteiger partial charge on any atom is -0.464 e. The topological polar surface area (TPSA) is 93.7 Å². The SMILES string of the molecule is CCCCCCOC(=O)C(CCC)NC(=O)C(CCC)NC(=O)OCc1ccccc1. The molecule has 2 N–H and O–H groups in total. The summed E-state index contributed by atoms with van der Waals surface area (Å²) in [6.45, 7) is 6.46. The zero-order valence-electron chi connectivity index (χ0n) is 19.2. The molecule has 0 aliphatic heterocycles. The highest BCUT2D eigenvalue weighted by atomic mass is 16.5. The van der Waals surface area contributed by atoms with Gasteiger partial charge in [-0.05, 0) is 24.8 Å². The molecule has 0 fully saturated rings. The van der Waals surface area contributed by atoms with Crippen molar-refractivity contribution < 1.29 is 23.9 Å². The smallest absolute Gasteiger partial charge is 0.408 e. The van der Waals surface area contributed by atoms with Crippen molar-refractivity contribution in [2.75, 3.05) is 6.61 Å². The van der Waals surface area contributed by atoms with E-state index in [0.717, 1.165) is 37.7 Å². The van der Waals surface area contributed by atoms with Crippen molar-refractivity contribution in [2.24, 2.45) is 0 Å². The summed E-state index contributed by atoms with van der Waals surface area (Å²) in [5, 5.41) is 5.37. The van der Waals surface area contributed by atoms with Gasteiger partial charge in [0.05, 0.1) is 6.61 Å². The molecule has 31 heavy (non-hydrogen) atoms. The fourth-order valence-corrected chi connectivity index (χ4v) is 3.08. The molecule has 0 saturated carbocycles. The van der Waals surface area contributed by atoms with Crippen LogP contribution in [0.3, 0.4) is 0 Å². The molecule has 1 aromatic rings. The lowest BCUT2D eigenvalue weighted by Gasteiger charge is -2.22. The van der Waals surface area contributed by atoms with Crippen molar-refractivity contribution in [2.45, 2.75) is 90.8 Å². The van der Waals surface area contributed by atoms with Gasteiger partial charge >= 0.3 is 12.1 Å². The zero-order chi connectivity index (χ0) is 22.9. The second kappa shape index (κ2) is 16.2. The summed E-state index contributed by atoms with van der Waals surface area (Å²) in [7, 11) is 0. The van der Waals surface area contributed by atoms with Gasteiger partial charge in [-0.25, -0.2) is 9.59 Å². The van der Waals surface area contributed by atoms with E-state index < -0.39 is 30.1 Å². The molecule has 0 bridgehead atoms. The van der Waals surface area contributed by atoms with E-state index in [1.54, 1.807) is 0 Å². The average Bonchev–Trinajstić information content (AvgIpc) is 2.77. The van der Waals surface area contributed by atoms with Crippen molar-refractivity contribution in [1.29, 1.82) is 0 Å². The molecule has 2 atom stereocenters. The van der Waals surface area contributed by atoms with Crippen molar-refractivity contribution in [3.05, 3.63) is 35.9 Å². The molecule has 7 nitrogen and oxygen atoms in total. The van der Waals surface area contributed by atoms with Gasteiger partial charge in [0.25, 0.3) is 0 Å². The third-order valence-electron chi connectivity index (χ3n) is 4.82. The summed E-state index contributed by atoms with van der Waals surface area (Å²) in [5.41, 5.74) is 0.860. The monoisotopic (exact) mass is 434 g/mol. The predicted molar refractivity (Wildman–Crippen MR) is 120 cm³/mol. The second-order valence-electron chi connectivity index (χ2n) is 7.63. The molecule has 0 aromatic heterocycles. The Morgan fingerprint density at radius 1 is 0.806 bits per heavy atom. The Morgan fingerprint density at radius 3 is 2.13 bits per heavy atom. The molecule has 0 saturated heterocycles. The summed E-state index contributed by atoms with van der Waals surface area (Å²) < 4.78 is 10.6. The number of hydrogen-bond donors (Lipinski definition) is 2. The van der Waals surface area contributed by atoms with E-state index in [2.05, 4.69) is 17.6 Å². The van der Waals surface area contributed by atoms with Crippen LogP contribution in [0.25, 0.3) is 0 Å². The lowest BCUT2D eigenvalue weighted by molar-refractivity contribution is -0.148. The molecule has 0 aliphatic rings. The summed E-state index contributed by atoms with van der Waals surface area (Å²) in [5.74, 6) is -0.825. The molecule has 2 unspecified atom stereocenters. The highest BCUT2D eigenvalue weighted by Gasteiger charge is 2.27. The Kier molecular flexibility index (Phi) is 13.8. The number of esters is 1. The fourth-order valence-electron chi connectivity index (χ4n) is 3.08. The van der Waals surface area contributed by atoms with Crippen LogP contribution in [0.15, 0.2) is 30.3 Å². The van der Waals surface area contributed by atoms with Crippen molar-refractivity contribution >= 4 is 18.0 Å². The van der Waals surface area contributed by atoms with Gasteiger partial charge in [-0.15, -0.1) is 0 Å². The normalized spacial score (nSPS) is 12.5. The van der Waals surface area contributed by atoms with Crippen molar-refractivity contribution in [3.8, 4) is 0 Å². The zero-order valence-corrected chi connectivity index (χ0v) is 19.2. The molecule has 1 rings (SSSR count). The Bertz CT molecular complexity index is 651. The van der Waals surface area contributed by atoms with Crippen molar-refractivity contribution in [3.63, 3.8) is 0 Å². The molecular formula is C24H38N2O5. The van der Waals surface area contributed by atoms with Gasteiger partial charge in [0, 0.05) is 0 Å². The first kappa shape index (κ1) is 26.5. The van der Waals surface area contributed by atoms with Crippen LogP contribution in [0, 0.1) is 0 Å². The number of benzene rings is 1. The molecular weight excluding hydrogens is 396 g/mol. The number of carbonyl (C=O) groups is 3. The first-order chi connectivity index (χ1) is 15.0. The third-order valence-corrected chi connectivity index (χ3v) is 4.82. The lowest BCUT2D eigenvalue weighted by Crippen LogP contribution is -2.52. The lowest BCUT2D eigenvalue weighted by atomic mass is 10.1. The number of hydrogen-bond acceptors (Lipinski definition) is 5. The number of carbonyl (C=O) groups excluding carboxylic acids is 3. The minimum absolute atomic E-state index is 0.121. The minimum atomic E-state index is -0.773. The molecule has 7 heteroatoms. The van der Waals surface area contributed by atoms with Crippen LogP contribution < -0.4 is 10.6 Å². The number of nitrogens with one attached hydrogen (secondary N) is 2. The second-order valence-corrected chi connectivity index (χ2v) is 7.63. The summed E-state index contributed by atoms with van der Waals surface area (Å²) >= 11 is 0. The number of unbranched alkanes of at least 4 members (excludes halogenated alkanes) is 3. The standard InChI is InChI=1S/C24H38N2O5/c1-4-7-8-12-17-30-23(28)21(14-6-3)25-22(27)20(13-5-2)26-24(29)31-18-19-15-10-9-11-16-19/h9-11,15-16,20-21H,4-8,12-14,17-18H2,1-3H3,(H,25,27)(H,26,29). The highest BCUT2D eigenvalue weighted by molar-refractivity contribution is 5.89. The number of ether oxygens (including phenoxy) is 2. The Labute approximate surface area is 186 Å². The van der Waals surface area contributed by atoms with Gasteiger partial charge < -0.3 is 20.1 Å². The average molecular weight is 435 g/mol. The van der Waals surface area contributed by atoms with E-state index in [1.165, 1.54) is 0 Å². The molecule has 1 aromatic carbocycles. The van der Waals surface area contributed by atoms with Crippen LogP contribution in [-0.2, 0) is 25.7 Å². The molecule has 2 amide bonds. The quantitative estimate of drug-likeness (QED) is 0.313. The molecule has 0 heterocycles. The maximum atomic E-state index is 12.8. The van der Waals surface area contributed by atoms with Gasteiger partial charge in [0.2, 0.25) is 5.91 Å². The molecule has 0 radical (unpaired) electrons.